The average Bonchev–Trinajstić information content (AvgIpc) is 2.14. The fourth-order valence-corrected chi connectivity index (χ4v) is 1.83. The highest BCUT2D eigenvalue weighted by molar-refractivity contribution is 7.99. The van der Waals surface area contributed by atoms with Gasteiger partial charge in [0.1, 0.15) is 6.61 Å². The molecule has 0 aliphatic carbocycles. The van der Waals surface area contributed by atoms with E-state index >= 15 is 0 Å². The number of alkyl halides is 3. The molecule has 6 heteroatoms. The first-order valence-corrected chi connectivity index (χ1v) is 6.03. The summed E-state index contributed by atoms with van der Waals surface area (Å²) < 4.78 is 39.4. The van der Waals surface area contributed by atoms with Crippen molar-refractivity contribution in [3.05, 3.63) is 0 Å². The molecule has 0 saturated carbocycles. The summed E-state index contributed by atoms with van der Waals surface area (Å²) in [7, 11) is 0. The first-order chi connectivity index (χ1) is 6.95. The van der Waals surface area contributed by atoms with Crippen LogP contribution in [0.15, 0.2) is 0 Å². The smallest absolute Gasteiger partial charge is 0.372 e. The zero-order valence-electron chi connectivity index (χ0n) is 8.85. The van der Waals surface area contributed by atoms with Gasteiger partial charge in [-0.1, -0.05) is 6.92 Å². The molecule has 0 aliphatic rings. The number of ether oxygens (including phenoxy) is 1. The maximum absolute atomic E-state index is 11.6. The first kappa shape index (κ1) is 15.1. The maximum Gasteiger partial charge on any atom is 0.411 e. The first-order valence-electron chi connectivity index (χ1n) is 4.88. The molecule has 1 unspecified atom stereocenters. The van der Waals surface area contributed by atoms with Gasteiger partial charge in [0.05, 0.1) is 0 Å². The fraction of sp³-hybridized carbons (Fsp3) is 1.00. The molecule has 0 saturated heterocycles. The van der Waals surface area contributed by atoms with E-state index in [1.165, 1.54) is 0 Å². The molecule has 92 valence electrons. The Hall–Kier alpha value is 0.0600. The molecule has 0 aromatic rings. The minimum Gasteiger partial charge on any atom is -0.372 e. The van der Waals surface area contributed by atoms with Crippen molar-refractivity contribution in [2.24, 2.45) is 11.7 Å². The van der Waals surface area contributed by atoms with Crippen LogP contribution in [0.1, 0.15) is 13.3 Å². The van der Waals surface area contributed by atoms with Gasteiger partial charge in [0, 0.05) is 6.61 Å². The predicted octanol–water partition coefficient (Wildman–Crippen LogP) is 2.28. The number of halogens is 3. The summed E-state index contributed by atoms with van der Waals surface area (Å²) in [6.07, 6.45) is -3.56. The van der Waals surface area contributed by atoms with Gasteiger partial charge in [-0.25, -0.2) is 0 Å². The van der Waals surface area contributed by atoms with E-state index in [2.05, 4.69) is 4.74 Å². The Morgan fingerprint density at radius 2 is 2.07 bits per heavy atom. The quantitative estimate of drug-likeness (QED) is 0.666. The third-order valence-electron chi connectivity index (χ3n) is 1.65. The van der Waals surface area contributed by atoms with Crippen molar-refractivity contribution in [1.82, 2.24) is 0 Å². The molecule has 2 N–H and O–H groups in total. The second-order valence-electron chi connectivity index (χ2n) is 3.44. The average molecular weight is 245 g/mol. The van der Waals surface area contributed by atoms with Crippen molar-refractivity contribution in [2.75, 3.05) is 31.3 Å². The van der Waals surface area contributed by atoms with Gasteiger partial charge in [0.2, 0.25) is 0 Å². The SMILES string of the molecule is CC(CN)CSCCCOCC(F)(F)F. The lowest BCUT2D eigenvalue weighted by Gasteiger charge is -2.09. The van der Waals surface area contributed by atoms with E-state index in [1.54, 1.807) is 11.8 Å². The van der Waals surface area contributed by atoms with Crippen LogP contribution >= 0.6 is 11.8 Å². The lowest BCUT2D eigenvalue weighted by molar-refractivity contribution is -0.173. The molecule has 0 aromatic heterocycles. The van der Waals surface area contributed by atoms with E-state index in [1.807, 2.05) is 6.92 Å². The van der Waals surface area contributed by atoms with Gasteiger partial charge in [-0.15, -0.1) is 0 Å². The number of rotatable bonds is 8. The Kier molecular flexibility index (Phi) is 8.27. The molecule has 0 radical (unpaired) electrons. The Bertz CT molecular complexity index is 155. The van der Waals surface area contributed by atoms with Crippen molar-refractivity contribution in [3.63, 3.8) is 0 Å². The number of thioether (sulfide) groups is 1. The van der Waals surface area contributed by atoms with Gasteiger partial charge in [-0.05, 0) is 30.4 Å². The molecular formula is C9H18F3NOS. The van der Waals surface area contributed by atoms with Crippen molar-refractivity contribution in [3.8, 4) is 0 Å². The van der Waals surface area contributed by atoms with Crippen LogP contribution in [-0.4, -0.2) is 37.4 Å². The number of hydrogen-bond donors (Lipinski definition) is 1. The van der Waals surface area contributed by atoms with Crippen LogP contribution in [0.4, 0.5) is 13.2 Å². The minimum atomic E-state index is -4.21. The van der Waals surface area contributed by atoms with E-state index < -0.39 is 12.8 Å². The number of nitrogens with two attached hydrogens (primary N) is 1. The van der Waals surface area contributed by atoms with E-state index in [0.717, 1.165) is 11.5 Å². The normalized spacial score (nSPS) is 14.2. The molecule has 0 aliphatic heterocycles. The topological polar surface area (TPSA) is 35.2 Å². The summed E-state index contributed by atoms with van der Waals surface area (Å²) >= 11 is 1.70. The summed E-state index contributed by atoms with van der Waals surface area (Å²) in [6.45, 7) is 1.73. The largest absolute Gasteiger partial charge is 0.411 e. The molecule has 1 atom stereocenters. The lowest BCUT2D eigenvalue weighted by atomic mass is 10.2. The maximum atomic E-state index is 11.6. The van der Waals surface area contributed by atoms with Crippen LogP contribution in [0.3, 0.4) is 0 Å². The summed E-state index contributed by atoms with van der Waals surface area (Å²) in [5.41, 5.74) is 5.42. The molecule has 0 rings (SSSR count). The third kappa shape index (κ3) is 12.0. The van der Waals surface area contributed by atoms with E-state index in [-0.39, 0.29) is 6.61 Å². The highest BCUT2D eigenvalue weighted by atomic mass is 32.2. The van der Waals surface area contributed by atoms with Crippen LogP contribution in [-0.2, 0) is 4.74 Å². The summed E-state index contributed by atoms with van der Waals surface area (Å²) in [5, 5.41) is 0. The fourth-order valence-electron chi connectivity index (χ4n) is 0.804. The molecule has 0 amide bonds. The van der Waals surface area contributed by atoms with Crippen LogP contribution < -0.4 is 5.73 Å². The minimum absolute atomic E-state index is 0.170. The van der Waals surface area contributed by atoms with Crippen LogP contribution in [0.25, 0.3) is 0 Å². The van der Waals surface area contributed by atoms with Crippen LogP contribution in [0.5, 0.6) is 0 Å². The van der Waals surface area contributed by atoms with Crippen molar-refractivity contribution in [1.29, 1.82) is 0 Å². The molecule has 0 aromatic carbocycles. The van der Waals surface area contributed by atoms with Gasteiger partial charge in [0.15, 0.2) is 0 Å². The van der Waals surface area contributed by atoms with Gasteiger partial charge >= 0.3 is 6.18 Å². The van der Waals surface area contributed by atoms with Crippen molar-refractivity contribution in [2.45, 2.75) is 19.5 Å². The third-order valence-corrected chi connectivity index (χ3v) is 3.03. The highest BCUT2D eigenvalue weighted by Gasteiger charge is 2.27. The van der Waals surface area contributed by atoms with Gasteiger partial charge in [-0.3, -0.25) is 0 Å². The zero-order valence-corrected chi connectivity index (χ0v) is 9.66. The molecule has 0 heterocycles. The van der Waals surface area contributed by atoms with Crippen molar-refractivity contribution >= 4 is 11.8 Å². The Morgan fingerprint density at radius 1 is 1.40 bits per heavy atom. The van der Waals surface area contributed by atoms with E-state index in [0.29, 0.717) is 18.9 Å². The van der Waals surface area contributed by atoms with Gasteiger partial charge in [-0.2, -0.15) is 24.9 Å². The summed E-state index contributed by atoms with van der Waals surface area (Å²) in [6, 6.07) is 0. The molecule has 2 nitrogen and oxygen atoms in total. The second kappa shape index (κ2) is 8.24. The summed E-state index contributed by atoms with van der Waals surface area (Å²) in [4.78, 5) is 0. The van der Waals surface area contributed by atoms with E-state index in [4.69, 9.17) is 5.73 Å². The second-order valence-corrected chi connectivity index (χ2v) is 4.59. The van der Waals surface area contributed by atoms with Crippen LogP contribution in [0, 0.1) is 5.92 Å². The predicted molar refractivity (Wildman–Crippen MR) is 57.0 cm³/mol. The number of hydrogen-bond acceptors (Lipinski definition) is 3. The monoisotopic (exact) mass is 245 g/mol. The zero-order chi connectivity index (χ0) is 11.7. The summed E-state index contributed by atoms with van der Waals surface area (Å²) in [5.74, 6) is 2.24. The van der Waals surface area contributed by atoms with Crippen LogP contribution in [0.2, 0.25) is 0 Å². The molecule has 0 bridgehead atoms. The Morgan fingerprint density at radius 3 is 2.60 bits per heavy atom. The highest BCUT2D eigenvalue weighted by Crippen LogP contribution is 2.15. The molecule has 0 spiro atoms. The molecule has 15 heavy (non-hydrogen) atoms. The molecular weight excluding hydrogens is 227 g/mol. The lowest BCUT2D eigenvalue weighted by Crippen LogP contribution is -2.17. The Labute approximate surface area is 92.7 Å². The molecule has 0 fully saturated rings. The van der Waals surface area contributed by atoms with Gasteiger partial charge in [0.25, 0.3) is 0 Å². The van der Waals surface area contributed by atoms with E-state index in [9.17, 15) is 13.2 Å². The standard InChI is InChI=1S/C9H18F3NOS/c1-8(5-13)6-15-4-2-3-14-7-9(10,11)12/h8H,2-7,13H2,1H3. The van der Waals surface area contributed by atoms with Gasteiger partial charge < -0.3 is 10.5 Å². The van der Waals surface area contributed by atoms with Crippen molar-refractivity contribution < 1.29 is 17.9 Å². The Balaban J connectivity index is 3.12.